The summed E-state index contributed by atoms with van der Waals surface area (Å²) in [7, 11) is 1.34. The zero-order chi connectivity index (χ0) is 24.8. The van der Waals surface area contributed by atoms with Crippen LogP contribution in [0.25, 0.3) is 0 Å². The maximum Gasteiger partial charge on any atom is 0.313 e. The topological polar surface area (TPSA) is 97.7 Å². The zero-order valence-corrected chi connectivity index (χ0v) is 19.6. The van der Waals surface area contributed by atoms with Crippen molar-refractivity contribution in [3.8, 4) is 23.3 Å². The van der Waals surface area contributed by atoms with Gasteiger partial charge < -0.3 is 19.5 Å². The molecule has 1 aliphatic rings. The lowest BCUT2D eigenvalue weighted by Gasteiger charge is -2.25. The van der Waals surface area contributed by atoms with E-state index in [2.05, 4.69) is 18.3 Å². The van der Waals surface area contributed by atoms with Gasteiger partial charge >= 0.3 is 5.97 Å². The van der Waals surface area contributed by atoms with Crippen molar-refractivity contribution in [1.29, 1.82) is 5.26 Å². The molecule has 7 heteroatoms. The van der Waals surface area contributed by atoms with Crippen molar-refractivity contribution in [2.24, 2.45) is 0 Å². The number of esters is 1. The summed E-state index contributed by atoms with van der Waals surface area (Å²) >= 11 is 0. The summed E-state index contributed by atoms with van der Waals surface area (Å²) in [5.74, 6) is 0.447. The lowest BCUT2D eigenvalue weighted by atomic mass is 9.91. The van der Waals surface area contributed by atoms with Crippen LogP contribution in [0.5, 0.6) is 17.2 Å². The first kappa shape index (κ1) is 23.8. The van der Waals surface area contributed by atoms with Gasteiger partial charge in [-0.3, -0.25) is 9.59 Å². The Kier molecular flexibility index (Phi) is 7.32. The summed E-state index contributed by atoms with van der Waals surface area (Å²) in [4.78, 5) is 24.7. The lowest BCUT2D eigenvalue weighted by Crippen LogP contribution is -2.27. The minimum atomic E-state index is -0.479. The van der Waals surface area contributed by atoms with Crippen LogP contribution < -0.4 is 14.8 Å². The monoisotopic (exact) mass is 470 g/mol. The number of carbonyl (C=O) groups excluding carboxylic acids is 2. The summed E-state index contributed by atoms with van der Waals surface area (Å²) in [6, 6.07) is 22.1. The van der Waals surface area contributed by atoms with E-state index in [9.17, 15) is 14.9 Å². The van der Waals surface area contributed by atoms with Crippen LogP contribution in [0.4, 0.5) is 0 Å². The molecule has 1 amide bonds. The van der Waals surface area contributed by atoms with E-state index in [-0.39, 0.29) is 23.4 Å². The molecule has 7 nitrogen and oxygen atoms in total. The Morgan fingerprint density at radius 3 is 2.57 bits per heavy atom. The lowest BCUT2D eigenvalue weighted by molar-refractivity contribution is -0.143. The predicted octanol–water partition coefficient (Wildman–Crippen LogP) is 4.92. The third-order valence-electron chi connectivity index (χ3n) is 6.04. The van der Waals surface area contributed by atoms with E-state index in [1.165, 1.54) is 7.11 Å². The molecule has 35 heavy (non-hydrogen) atoms. The third-order valence-corrected chi connectivity index (χ3v) is 6.04. The Balaban J connectivity index is 1.44. The fourth-order valence-electron chi connectivity index (χ4n) is 4.02. The van der Waals surface area contributed by atoms with Crippen LogP contribution >= 0.6 is 0 Å². The summed E-state index contributed by atoms with van der Waals surface area (Å²) in [5.41, 5.74) is 2.56. The van der Waals surface area contributed by atoms with Crippen LogP contribution in [0, 0.1) is 11.3 Å². The van der Waals surface area contributed by atoms with Crippen molar-refractivity contribution in [2.45, 2.75) is 25.2 Å². The van der Waals surface area contributed by atoms with Gasteiger partial charge in [0.2, 0.25) is 0 Å². The van der Waals surface area contributed by atoms with Crippen molar-refractivity contribution in [3.05, 3.63) is 89.0 Å². The first-order valence-corrected chi connectivity index (χ1v) is 11.4. The van der Waals surface area contributed by atoms with Gasteiger partial charge in [0.25, 0.3) is 5.91 Å². The molecule has 1 N–H and O–H groups in total. The Morgan fingerprint density at radius 1 is 1.14 bits per heavy atom. The molecule has 2 atom stereocenters. The summed E-state index contributed by atoms with van der Waals surface area (Å²) < 4.78 is 16.5. The van der Waals surface area contributed by atoms with Crippen LogP contribution in [-0.2, 0) is 9.53 Å². The molecular formula is C28H26N2O5. The number of methoxy groups -OCH3 is 1. The fraction of sp³-hybridized carbons (Fsp3) is 0.250. The molecule has 0 spiro atoms. The van der Waals surface area contributed by atoms with Gasteiger partial charge in [0, 0.05) is 23.7 Å². The van der Waals surface area contributed by atoms with Crippen molar-refractivity contribution in [3.63, 3.8) is 0 Å². The number of nitriles is 1. The van der Waals surface area contributed by atoms with E-state index in [0.717, 1.165) is 5.56 Å². The molecule has 3 aromatic carbocycles. The Morgan fingerprint density at radius 2 is 1.89 bits per heavy atom. The molecule has 0 radical (unpaired) electrons. The highest BCUT2D eigenvalue weighted by Crippen LogP contribution is 2.40. The quantitative estimate of drug-likeness (QED) is 0.492. The third kappa shape index (κ3) is 5.44. The number of nitrogens with zero attached hydrogens (tertiary/aromatic N) is 1. The van der Waals surface area contributed by atoms with E-state index < -0.39 is 5.92 Å². The molecule has 2 unspecified atom stereocenters. The van der Waals surface area contributed by atoms with Crippen LogP contribution in [-0.4, -0.2) is 32.1 Å². The maximum atomic E-state index is 12.6. The molecule has 178 valence electrons. The number of benzene rings is 3. The molecule has 0 saturated heterocycles. The molecule has 1 aliphatic heterocycles. The zero-order valence-electron chi connectivity index (χ0n) is 19.6. The largest absolute Gasteiger partial charge is 0.493 e. The van der Waals surface area contributed by atoms with Gasteiger partial charge in [0.05, 0.1) is 25.2 Å². The van der Waals surface area contributed by atoms with E-state index in [0.29, 0.717) is 47.9 Å². The second-order valence-corrected chi connectivity index (χ2v) is 8.36. The van der Waals surface area contributed by atoms with Crippen LogP contribution in [0.1, 0.15) is 52.2 Å². The van der Waals surface area contributed by atoms with E-state index in [1.807, 2.05) is 30.3 Å². The van der Waals surface area contributed by atoms with Crippen LogP contribution in [0.2, 0.25) is 0 Å². The highest BCUT2D eigenvalue weighted by molar-refractivity contribution is 5.94. The minimum absolute atomic E-state index is 0.173. The van der Waals surface area contributed by atoms with Crippen LogP contribution in [0.3, 0.4) is 0 Å². The predicted molar refractivity (Wildman–Crippen MR) is 130 cm³/mol. The number of hydrogen-bond acceptors (Lipinski definition) is 6. The number of ether oxygens (including phenoxy) is 3. The first-order valence-electron chi connectivity index (χ1n) is 11.4. The van der Waals surface area contributed by atoms with E-state index >= 15 is 0 Å². The average Bonchev–Trinajstić information content (AvgIpc) is 2.91. The van der Waals surface area contributed by atoms with E-state index in [1.54, 1.807) is 36.4 Å². The van der Waals surface area contributed by atoms with Gasteiger partial charge in [-0.15, -0.1) is 0 Å². The summed E-state index contributed by atoms with van der Waals surface area (Å²) in [5, 5.41) is 12.6. The highest BCUT2D eigenvalue weighted by Gasteiger charge is 2.30. The van der Waals surface area contributed by atoms with Gasteiger partial charge in [-0.1, -0.05) is 37.3 Å². The molecule has 0 saturated carbocycles. The second-order valence-electron chi connectivity index (χ2n) is 8.36. The average molecular weight is 471 g/mol. The smallest absolute Gasteiger partial charge is 0.313 e. The first-order chi connectivity index (χ1) is 17.0. The molecule has 0 aromatic heterocycles. The van der Waals surface area contributed by atoms with Gasteiger partial charge in [-0.2, -0.15) is 5.26 Å². The molecule has 0 aliphatic carbocycles. The standard InChI is InChI=1S/C28H26N2O5/c1-18(19-6-4-3-5-7-19)17-30-27(31)20-8-10-22(11-9-20)35-25-15-26-24(14-21(25)16-29)23(12-13-34-26)28(32)33-2/h3-11,14-15,18,23H,12-13,17H2,1-2H3,(H,30,31). The fourth-order valence-corrected chi connectivity index (χ4v) is 4.02. The summed E-state index contributed by atoms with van der Waals surface area (Å²) in [6.07, 6.45) is 0.485. The SMILES string of the molecule is COC(=O)C1CCOc2cc(Oc3ccc(C(=O)NCC(C)c4ccccc4)cc3)c(C#N)cc21. The molecular weight excluding hydrogens is 444 g/mol. The van der Waals surface area contributed by atoms with Gasteiger partial charge in [-0.05, 0) is 48.2 Å². The maximum absolute atomic E-state index is 12.6. The van der Waals surface area contributed by atoms with Crippen molar-refractivity contribution >= 4 is 11.9 Å². The number of carbonyl (C=O) groups is 2. The Labute approximate surface area is 204 Å². The molecule has 3 aromatic rings. The Hall–Kier alpha value is -4.31. The molecule has 4 rings (SSSR count). The van der Waals surface area contributed by atoms with E-state index in [4.69, 9.17) is 14.2 Å². The van der Waals surface area contributed by atoms with Crippen molar-refractivity contribution in [1.82, 2.24) is 5.32 Å². The summed E-state index contributed by atoms with van der Waals surface area (Å²) in [6.45, 7) is 2.95. The number of hydrogen-bond donors (Lipinski definition) is 1. The van der Waals surface area contributed by atoms with Crippen molar-refractivity contribution in [2.75, 3.05) is 20.3 Å². The molecule has 1 heterocycles. The van der Waals surface area contributed by atoms with Gasteiger partial charge in [0.1, 0.15) is 23.3 Å². The number of amides is 1. The minimum Gasteiger partial charge on any atom is -0.493 e. The normalized spacial score (nSPS) is 15.1. The number of rotatable bonds is 7. The highest BCUT2D eigenvalue weighted by atomic mass is 16.5. The van der Waals surface area contributed by atoms with Crippen molar-refractivity contribution < 1.29 is 23.8 Å². The number of fused-ring (bicyclic) bond motifs is 1. The van der Waals surface area contributed by atoms with Gasteiger partial charge in [0.15, 0.2) is 0 Å². The molecule has 0 bridgehead atoms. The Bertz CT molecular complexity index is 1250. The van der Waals surface area contributed by atoms with Gasteiger partial charge in [-0.25, -0.2) is 0 Å². The number of nitrogens with one attached hydrogen (secondary N) is 1. The second kappa shape index (κ2) is 10.7. The van der Waals surface area contributed by atoms with Crippen LogP contribution in [0.15, 0.2) is 66.7 Å². The molecule has 0 fully saturated rings.